The molecule has 0 aliphatic rings. The van der Waals surface area contributed by atoms with Crippen LogP contribution < -0.4 is 10.9 Å². The molecule has 0 spiro atoms. The van der Waals surface area contributed by atoms with Gasteiger partial charge >= 0.3 is 5.97 Å². The summed E-state index contributed by atoms with van der Waals surface area (Å²) in [5.41, 5.74) is 8.62. The Morgan fingerprint density at radius 2 is 1.77 bits per heavy atom. The number of aryl methyl sites for hydroxylation is 2. The molecule has 0 aliphatic carbocycles. The van der Waals surface area contributed by atoms with Crippen molar-refractivity contribution in [1.82, 2.24) is 20.6 Å². The van der Waals surface area contributed by atoms with Crippen molar-refractivity contribution in [2.24, 2.45) is 0 Å². The number of carbonyl (C=O) groups is 3. The molecule has 0 atom stereocenters. The first-order valence-corrected chi connectivity index (χ1v) is 9.30. The van der Waals surface area contributed by atoms with Gasteiger partial charge in [-0.25, -0.2) is 9.48 Å². The number of hydrazine groups is 1. The lowest BCUT2D eigenvalue weighted by Crippen LogP contribution is -2.42. The van der Waals surface area contributed by atoms with Crippen molar-refractivity contribution in [2.45, 2.75) is 20.8 Å². The molecule has 2 amide bonds. The second kappa shape index (κ2) is 9.04. The van der Waals surface area contributed by atoms with Crippen LogP contribution in [0.25, 0.3) is 16.9 Å². The molecular formula is C22H22N4O4. The summed E-state index contributed by atoms with van der Waals surface area (Å²) >= 11 is 0. The Morgan fingerprint density at radius 1 is 1.03 bits per heavy atom. The van der Waals surface area contributed by atoms with Gasteiger partial charge in [-0.05, 0) is 31.5 Å². The minimum absolute atomic E-state index is 0.234. The van der Waals surface area contributed by atoms with Crippen LogP contribution in [0.2, 0.25) is 0 Å². The highest BCUT2D eigenvalue weighted by Gasteiger charge is 2.22. The van der Waals surface area contributed by atoms with Gasteiger partial charge in [0.15, 0.2) is 6.61 Å². The first-order valence-electron chi connectivity index (χ1n) is 9.30. The zero-order valence-corrected chi connectivity index (χ0v) is 16.9. The second-order valence-corrected chi connectivity index (χ2v) is 6.80. The highest BCUT2D eigenvalue weighted by molar-refractivity contribution is 5.97. The summed E-state index contributed by atoms with van der Waals surface area (Å²) in [6, 6.07) is 15.2. The van der Waals surface area contributed by atoms with E-state index >= 15 is 0 Å². The SMILES string of the molecule is CC(=O)NNC(=O)COC(=O)c1cn(-c2ccccc2)nc1-c1ccc(C)cc1C. The molecule has 154 valence electrons. The lowest BCUT2D eigenvalue weighted by molar-refractivity contribution is -0.129. The van der Waals surface area contributed by atoms with E-state index in [-0.39, 0.29) is 5.56 Å². The molecule has 1 aromatic heterocycles. The second-order valence-electron chi connectivity index (χ2n) is 6.80. The van der Waals surface area contributed by atoms with Crippen LogP contribution in [-0.4, -0.2) is 34.2 Å². The quantitative estimate of drug-likeness (QED) is 0.501. The van der Waals surface area contributed by atoms with Crippen molar-refractivity contribution in [3.63, 3.8) is 0 Å². The van der Waals surface area contributed by atoms with Gasteiger partial charge in [-0.1, -0.05) is 42.0 Å². The molecule has 1 heterocycles. The molecule has 3 aromatic rings. The summed E-state index contributed by atoms with van der Waals surface area (Å²) in [4.78, 5) is 35.4. The molecule has 0 saturated heterocycles. The topological polar surface area (TPSA) is 102 Å². The third kappa shape index (κ3) is 4.91. The van der Waals surface area contributed by atoms with Gasteiger partial charge in [-0.2, -0.15) is 5.10 Å². The molecule has 30 heavy (non-hydrogen) atoms. The van der Waals surface area contributed by atoms with Gasteiger partial charge < -0.3 is 4.74 Å². The van der Waals surface area contributed by atoms with Gasteiger partial charge in [-0.3, -0.25) is 20.4 Å². The van der Waals surface area contributed by atoms with Crippen LogP contribution in [0.15, 0.2) is 54.7 Å². The standard InChI is InChI=1S/C22H22N4O4/c1-14-9-10-18(15(2)11-14)21-19(12-26(25-21)17-7-5-4-6-8-17)22(29)30-13-20(28)24-23-16(3)27/h4-12H,13H2,1-3H3,(H,23,27)(H,24,28). The maximum Gasteiger partial charge on any atom is 0.342 e. The van der Waals surface area contributed by atoms with E-state index in [0.29, 0.717) is 5.69 Å². The number of carbonyl (C=O) groups excluding carboxylic acids is 3. The molecule has 0 saturated carbocycles. The summed E-state index contributed by atoms with van der Waals surface area (Å²) in [5.74, 6) is -1.77. The average molecular weight is 406 g/mol. The molecule has 0 fully saturated rings. The lowest BCUT2D eigenvalue weighted by Gasteiger charge is -2.08. The number of nitrogens with zero attached hydrogens (tertiary/aromatic N) is 2. The van der Waals surface area contributed by atoms with Crippen molar-refractivity contribution >= 4 is 17.8 Å². The number of esters is 1. The van der Waals surface area contributed by atoms with Crippen molar-refractivity contribution in [3.05, 3.63) is 71.4 Å². The Bertz CT molecular complexity index is 1090. The average Bonchev–Trinajstić information content (AvgIpc) is 3.16. The fourth-order valence-corrected chi connectivity index (χ4v) is 2.92. The highest BCUT2D eigenvalue weighted by Crippen LogP contribution is 2.28. The molecular weight excluding hydrogens is 384 g/mol. The minimum Gasteiger partial charge on any atom is -0.452 e. The monoisotopic (exact) mass is 406 g/mol. The van der Waals surface area contributed by atoms with Crippen molar-refractivity contribution in [2.75, 3.05) is 6.61 Å². The van der Waals surface area contributed by atoms with E-state index in [0.717, 1.165) is 22.4 Å². The predicted octanol–water partition coefficient (Wildman–Crippen LogP) is 2.48. The van der Waals surface area contributed by atoms with Gasteiger partial charge in [0.2, 0.25) is 5.91 Å². The number of benzene rings is 2. The molecule has 8 heteroatoms. The van der Waals surface area contributed by atoms with E-state index < -0.39 is 24.4 Å². The third-order valence-electron chi connectivity index (χ3n) is 4.30. The molecule has 0 bridgehead atoms. The fraction of sp³-hybridized carbons (Fsp3) is 0.182. The Morgan fingerprint density at radius 3 is 2.43 bits per heavy atom. The number of hydrogen-bond donors (Lipinski definition) is 2. The largest absolute Gasteiger partial charge is 0.452 e. The van der Waals surface area contributed by atoms with Gasteiger partial charge in [0.25, 0.3) is 5.91 Å². The third-order valence-corrected chi connectivity index (χ3v) is 4.30. The number of hydrogen-bond acceptors (Lipinski definition) is 5. The van der Waals surface area contributed by atoms with Crippen LogP contribution >= 0.6 is 0 Å². The molecule has 0 unspecified atom stereocenters. The number of ether oxygens (including phenoxy) is 1. The first kappa shape index (κ1) is 20.8. The van der Waals surface area contributed by atoms with Crippen LogP contribution in [0, 0.1) is 13.8 Å². The lowest BCUT2D eigenvalue weighted by atomic mass is 10.0. The Kier molecular flexibility index (Phi) is 6.26. The van der Waals surface area contributed by atoms with Crippen LogP contribution in [0.1, 0.15) is 28.4 Å². The van der Waals surface area contributed by atoms with E-state index in [1.165, 1.54) is 6.92 Å². The van der Waals surface area contributed by atoms with E-state index in [4.69, 9.17) is 4.74 Å². The number of para-hydroxylation sites is 1. The van der Waals surface area contributed by atoms with Gasteiger partial charge in [0.05, 0.1) is 5.69 Å². The van der Waals surface area contributed by atoms with Crippen molar-refractivity contribution < 1.29 is 19.1 Å². The fourth-order valence-electron chi connectivity index (χ4n) is 2.92. The predicted molar refractivity (Wildman–Crippen MR) is 111 cm³/mol. The van der Waals surface area contributed by atoms with Crippen LogP contribution in [0.5, 0.6) is 0 Å². The summed E-state index contributed by atoms with van der Waals surface area (Å²) in [6.45, 7) is 4.64. The summed E-state index contributed by atoms with van der Waals surface area (Å²) < 4.78 is 6.74. The van der Waals surface area contributed by atoms with Gasteiger partial charge in [0, 0.05) is 18.7 Å². The summed E-state index contributed by atoms with van der Waals surface area (Å²) in [5, 5.41) is 4.61. The minimum atomic E-state index is -0.690. The summed E-state index contributed by atoms with van der Waals surface area (Å²) in [6.07, 6.45) is 1.58. The Balaban J connectivity index is 1.91. The normalized spacial score (nSPS) is 10.4. The molecule has 2 aromatic carbocycles. The summed E-state index contributed by atoms with van der Waals surface area (Å²) in [7, 11) is 0. The number of rotatable bonds is 5. The number of nitrogens with one attached hydrogen (secondary N) is 2. The molecule has 0 aliphatic heterocycles. The smallest absolute Gasteiger partial charge is 0.342 e. The molecule has 2 N–H and O–H groups in total. The van der Waals surface area contributed by atoms with Crippen LogP contribution in [-0.2, 0) is 14.3 Å². The number of amides is 2. The van der Waals surface area contributed by atoms with E-state index in [1.54, 1.807) is 10.9 Å². The molecule has 0 radical (unpaired) electrons. The maximum atomic E-state index is 12.8. The molecule has 8 nitrogen and oxygen atoms in total. The Hall–Kier alpha value is -3.94. The van der Waals surface area contributed by atoms with Crippen LogP contribution in [0.4, 0.5) is 0 Å². The van der Waals surface area contributed by atoms with Crippen molar-refractivity contribution in [3.8, 4) is 16.9 Å². The maximum absolute atomic E-state index is 12.8. The zero-order chi connectivity index (χ0) is 21.7. The van der Waals surface area contributed by atoms with Gasteiger partial charge in [0.1, 0.15) is 11.3 Å². The first-order chi connectivity index (χ1) is 14.3. The van der Waals surface area contributed by atoms with E-state index in [1.807, 2.05) is 62.4 Å². The van der Waals surface area contributed by atoms with Gasteiger partial charge in [-0.15, -0.1) is 0 Å². The Labute approximate surface area is 173 Å². The zero-order valence-electron chi connectivity index (χ0n) is 16.9. The van der Waals surface area contributed by atoms with Crippen LogP contribution in [0.3, 0.4) is 0 Å². The van der Waals surface area contributed by atoms with Crippen molar-refractivity contribution in [1.29, 1.82) is 0 Å². The van der Waals surface area contributed by atoms with E-state index in [2.05, 4.69) is 16.0 Å². The highest BCUT2D eigenvalue weighted by atomic mass is 16.5. The number of aromatic nitrogens is 2. The molecule has 3 rings (SSSR count). The van der Waals surface area contributed by atoms with E-state index in [9.17, 15) is 14.4 Å².